The summed E-state index contributed by atoms with van der Waals surface area (Å²) in [5, 5.41) is 0. The first-order chi connectivity index (χ1) is 11.7. The topological polar surface area (TPSA) is 43.6 Å². The second-order valence-corrected chi connectivity index (χ2v) is 6.40. The van der Waals surface area contributed by atoms with Crippen LogP contribution in [0.5, 0.6) is 5.75 Å². The molecular formula is C19H20N2O2S. The van der Waals surface area contributed by atoms with Crippen LogP contribution in [0, 0.1) is 0 Å². The van der Waals surface area contributed by atoms with Crippen molar-refractivity contribution in [2.75, 3.05) is 7.11 Å². The molecule has 1 amide bonds. The first-order valence-electron chi connectivity index (χ1n) is 8.02. The second kappa shape index (κ2) is 7.01. The van der Waals surface area contributed by atoms with Gasteiger partial charge < -0.3 is 9.30 Å². The maximum atomic E-state index is 12.5. The maximum absolute atomic E-state index is 12.5. The van der Waals surface area contributed by atoms with Gasteiger partial charge in [-0.25, -0.2) is 0 Å². The number of methoxy groups -OCH3 is 1. The molecule has 0 aliphatic carbocycles. The molecule has 2 aromatic carbocycles. The molecule has 0 saturated carbocycles. The van der Waals surface area contributed by atoms with Crippen LogP contribution < -0.4 is 9.54 Å². The number of hydrogen-bond acceptors (Lipinski definition) is 3. The Hall–Kier alpha value is -2.40. The number of ether oxygens (including phenoxy) is 1. The van der Waals surface area contributed by atoms with E-state index in [9.17, 15) is 4.79 Å². The molecule has 0 atom stereocenters. The number of aromatic nitrogens is 1. The van der Waals surface area contributed by atoms with Gasteiger partial charge in [0.25, 0.3) is 5.91 Å². The van der Waals surface area contributed by atoms with E-state index in [1.54, 1.807) is 42.7 Å². The Bertz CT molecular complexity index is 936. The minimum absolute atomic E-state index is 0.232. The van der Waals surface area contributed by atoms with E-state index in [4.69, 9.17) is 4.74 Å². The highest BCUT2D eigenvalue weighted by Gasteiger charge is 2.10. The van der Waals surface area contributed by atoms with Crippen LogP contribution in [-0.2, 0) is 13.0 Å². The lowest BCUT2D eigenvalue weighted by atomic mass is 10.1. The molecule has 1 heterocycles. The van der Waals surface area contributed by atoms with Crippen molar-refractivity contribution >= 4 is 27.5 Å². The third-order valence-corrected chi connectivity index (χ3v) is 5.06. The highest BCUT2D eigenvalue weighted by atomic mass is 32.1. The van der Waals surface area contributed by atoms with E-state index < -0.39 is 0 Å². The zero-order valence-corrected chi connectivity index (χ0v) is 14.9. The molecule has 0 N–H and O–H groups in total. The summed E-state index contributed by atoms with van der Waals surface area (Å²) in [5.41, 5.74) is 3.03. The summed E-state index contributed by atoms with van der Waals surface area (Å²) in [4.78, 5) is 17.6. The van der Waals surface area contributed by atoms with Gasteiger partial charge in [-0.2, -0.15) is 4.99 Å². The normalized spacial score (nSPS) is 11.9. The predicted molar refractivity (Wildman–Crippen MR) is 97.8 cm³/mol. The fourth-order valence-electron chi connectivity index (χ4n) is 2.75. The fourth-order valence-corrected chi connectivity index (χ4v) is 3.89. The molecule has 0 radical (unpaired) electrons. The van der Waals surface area contributed by atoms with Gasteiger partial charge >= 0.3 is 0 Å². The van der Waals surface area contributed by atoms with Crippen molar-refractivity contribution in [1.29, 1.82) is 0 Å². The van der Waals surface area contributed by atoms with Crippen molar-refractivity contribution in [2.45, 2.75) is 26.8 Å². The minimum Gasteiger partial charge on any atom is -0.497 e. The number of para-hydroxylation sites is 1. The molecule has 0 fully saturated rings. The van der Waals surface area contributed by atoms with E-state index in [2.05, 4.69) is 41.6 Å². The first kappa shape index (κ1) is 16.5. The Kier molecular flexibility index (Phi) is 4.81. The van der Waals surface area contributed by atoms with Crippen LogP contribution in [0.25, 0.3) is 10.2 Å². The van der Waals surface area contributed by atoms with Crippen LogP contribution in [0.4, 0.5) is 0 Å². The van der Waals surface area contributed by atoms with Crippen molar-refractivity contribution in [3.05, 3.63) is 58.4 Å². The van der Waals surface area contributed by atoms with Crippen molar-refractivity contribution in [1.82, 2.24) is 4.57 Å². The molecular weight excluding hydrogens is 320 g/mol. The molecule has 0 aliphatic rings. The summed E-state index contributed by atoms with van der Waals surface area (Å²) in [6, 6.07) is 13.3. The van der Waals surface area contributed by atoms with Gasteiger partial charge in [0.15, 0.2) is 4.80 Å². The number of amides is 1. The van der Waals surface area contributed by atoms with Gasteiger partial charge in [-0.1, -0.05) is 30.4 Å². The molecule has 5 heteroatoms. The summed E-state index contributed by atoms with van der Waals surface area (Å²) in [6.07, 6.45) is 0.958. The average Bonchev–Trinajstić information content (AvgIpc) is 2.98. The number of carbonyl (C=O) groups excluding carboxylic acids is 1. The van der Waals surface area contributed by atoms with Gasteiger partial charge in [-0.15, -0.1) is 0 Å². The van der Waals surface area contributed by atoms with Gasteiger partial charge in [0, 0.05) is 12.1 Å². The van der Waals surface area contributed by atoms with Crippen molar-refractivity contribution in [3.63, 3.8) is 0 Å². The Morgan fingerprint density at radius 1 is 1.17 bits per heavy atom. The molecule has 4 nitrogen and oxygen atoms in total. The first-order valence-corrected chi connectivity index (χ1v) is 8.84. The largest absolute Gasteiger partial charge is 0.497 e. The Balaban J connectivity index is 2.10. The van der Waals surface area contributed by atoms with Gasteiger partial charge in [-0.3, -0.25) is 4.79 Å². The Morgan fingerprint density at radius 3 is 2.54 bits per heavy atom. The van der Waals surface area contributed by atoms with Crippen LogP contribution in [-0.4, -0.2) is 17.6 Å². The molecule has 124 valence electrons. The molecule has 0 unspecified atom stereocenters. The quantitative estimate of drug-likeness (QED) is 0.719. The summed E-state index contributed by atoms with van der Waals surface area (Å²) in [7, 11) is 1.61. The number of benzene rings is 2. The number of rotatable bonds is 4. The third-order valence-electron chi connectivity index (χ3n) is 4.02. The van der Waals surface area contributed by atoms with Crippen LogP contribution in [0.15, 0.2) is 47.5 Å². The van der Waals surface area contributed by atoms with E-state index in [1.807, 2.05) is 0 Å². The number of thiazole rings is 1. The number of fused-ring (bicyclic) bond motifs is 1. The van der Waals surface area contributed by atoms with Crippen LogP contribution >= 0.6 is 11.3 Å². The zero-order valence-electron chi connectivity index (χ0n) is 14.1. The highest BCUT2D eigenvalue weighted by Crippen LogP contribution is 2.22. The van der Waals surface area contributed by atoms with E-state index in [0.29, 0.717) is 5.56 Å². The SMILES string of the molecule is CCc1cccc2sc(=NC(=O)c3ccc(OC)cc3)n(CC)c12. The van der Waals surface area contributed by atoms with Crippen molar-refractivity contribution in [3.8, 4) is 5.75 Å². The monoisotopic (exact) mass is 340 g/mol. The van der Waals surface area contributed by atoms with Gasteiger partial charge in [0.05, 0.1) is 17.3 Å². The molecule has 0 saturated heterocycles. The van der Waals surface area contributed by atoms with E-state index in [0.717, 1.165) is 28.2 Å². The van der Waals surface area contributed by atoms with E-state index >= 15 is 0 Å². The third kappa shape index (κ3) is 2.99. The fraction of sp³-hybridized carbons (Fsp3) is 0.263. The minimum atomic E-state index is -0.232. The van der Waals surface area contributed by atoms with Gasteiger partial charge in [0.2, 0.25) is 0 Å². The molecule has 24 heavy (non-hydrogen) atoms. The molecule has 0 bridgehead atoms. The second-order valence-electron chi connectivity index (χ2n) is 5.39. The number of carbonyl (C=O) groups is 1. The lowest BCUT2D eigenvalue weighted by Crippen LogP contribution is -2.16. The molecule has 1 aromatic heterocycles. The number of nitrogens with zero attached hydrogens (tertiary/aromatic N) is 2. The van der Waals surface area contributed by atoms with Crippen molar-refractivity contribution < 1.29 is 9.53 Å². The molecule has 3 rings (SSSR count). The maximum Gasteiger partial charge on any atom is 0.279 e. The Morgan fingerprint density at radius 2 is 1.92 bits per heavy atom. The Labute approximate surface area is 145 Å². The smallest absolute Gasteiger partial charge is 0.279 e. The lowest BCUT2D eigenvalue weighted by Gasteiger charge is -2.05. The number of hydrogen-bond donors (Lipinski definition) is 0. The van der Waals surface area contributed by atoms with Crippen LogP contribution in [0.3, 0.4) is 0 Å². The lowest BCUT2D eigenvalue weighted by molar-refractivity contribution is 0.0998. The zero-order chi connectivity index (χ0) is 17.1. The highest BCUT2D eigenvalue weighted by molar-refractivity contribution is 7.16. The van der Waals surface area contributed by atoms with Crippen LogP contribution in [0.2, 0.25) is 0 Å². The van der Waals surface area contributed by atoms with Gasteiger partial charge in [0.1, 0.15) is 5.75 Å². The summed E-state index contributed by atoms with van der Waals surface area (Å²) >= 11 is 1.56. The van der Waals surface area contributed by atoms with E-state index in [-0.39, 0.29) is 5.91 Å². The number of aryl methyl sites for hydroxylation is 2. The standard InChI is InChI=1S/C19H20N2O2S/c1-4-13-7-6-8-16-17(13)21(5-2)19(24-16)20-18(22)14-9-11-15(23-3)12-10-14/h6-12H,4-5H2,1-3H3. The summed E-state index contributed by atoms with van der Waals surface area (Å²) in [6.45, 7) is 5.01. The molecule has 3 aromatic rings. The van der Waals surface area contributed by atoms with E-state index in [1.165, 1.54) is 11.1 Å². The average molecular weight is 340 g/mol. The molecule has 0 aliphatic heterocycles. The summed E-state index contributed by atoms with van der Waals surface area (Å²) < 4.78 is 8.41. The van der Waals surface area contributed by atoms with Gasteiger partial charge in [-0.05, 0) is 49.2 Å². The summed E-state index contributed by atoms with van der Waals surface area (Å²) in [5.74, 6) is 0.495. The predicted octanol–water partition coefficient (Wildman–Crippen LogP) is 4.03. The van der Waals surface area contributed by atoms with Crippen LogP contribution in [0.1, 0.15) is 29.8 Å². The molecule has 0 spiro atoms. The van der Waals surface area contributed by atoms with Crippen molar-refractivity contribution in [2.24, 2.45) is 4.99 Å².